The fourth-order valence-electron chi connectivity index (χ4n) is 2.30. The van der Waals surface area contributed by atoms with E-state index in [1.165, 1.54) is 7.05 Å². The number of ether oxygens (including phenoxy) is 1. The third-order valence-corrected chi connectivity index (χ3v) is 5.95. The van der Waals surface area contributed by atoms with Crippen LogP contribution in [-0.2, 0) is 4.79 Å². The molecule has 2 amide bonds. The molecule has 1 aromatic carbocycles. The van der Waals surface area contributed by atoms with E-state index < -0.39 is 49.8 Å². The van der Waals surface area contributed by atoms with Gasteiger partial charge in [-0.25, -0.2) is 4.79 Å². The van der Waals surface area contributed by atoms with E-state index in [-0.39, 0.29) is 39.2 Å². The van der Waals surface area contributed by atoms with Gasteiger partial charge in [0.05, 0.1) is 45.8 Å². The van der Waals surface area contributed by atoms with E-state index >= 15 is 0 Å². The second-order valence-corrected chi connectivity index (χ2v) is 8.26. The van der Waals surface area contributed by atoms with E-state index in [1.807, 2.05) is 22.6 Å². The number of benzene rings is 1. The van der Waals surface area contributed by atoms with Crippen molar-refractivity contribution < 1.29 is 44.7 Å². The molecule has 12 nitrogen and oxygen atoms in total. The summed E-state index contributed by atoms with van der Waals surface area (Å²) in [5.74, 6) is -2.81. The number of aliphatic hydroxyl groups is 4. The monoisotopic (exact) mass is 667 g/mol. The first-order chi connectivity index (χ1) is 14.6. The lowest BCUT2D eigenvalue weighted by Crippen LogP contribution is -2.37. The SMILES string of the molecule is CNc1c(I)c(C(=O)NCC(O)CO)c(I)c(C(=O)NCC(O)CO)c1OCC(=O)O. The molecular weight excluding hydrogens is 644 g/mol. The third-order valence-electron chi connectivity index (χ3n) is 3.79. The van der Waals surface area contributed by atoms with E-state index in [1.54, 1.807) is 22.6 Å². The fourth-order valence-corrected chi connectivity index (χ4v) is 4.85. The first-order valence-corrected chi connectivity index (χ1v) is 11.0. The number of aliphatic hydroxyl groups excluding tert-OH is 4. The van der Waals surface area contributed by atoms with Gasteiger partial charge in [0.15, 0.2) is 12.4 Å². The maximum absolute atomic E-state index is 12.8. The summed E-state index contributed by atoms with van der Waals surface area (Å²) in [7, 11) is 1.49. The minimum absolute atomic E-state index is 0.0613. The normalized spacial score (nSPS) is 12.6. The molecule has 0 aromatic heterocycles. The Morgan fingerprint density at radius 3 is 1.84 bits per heavy atom. The Balaban J connectivity index is 3.54. The maximum Gasteiger partial charge on any atom is 0.341 e. The molecule has 14 heteroatoms. The Hall–Kier alpha value is -1.47. The number of carbonyl (C=O) groups excluding carboxylic acids is 2. The highest BCUT2D eigenvalue weighted by Crippen LogP contribution is 2.40. The van der Waals surface area contributed by atoms with Gasteiger partial charge >= 0.3 is 5.97 Å². The number of rotatable bonds is 12. The van der Waals surface area contributed by atoms with Crippen LogP contribution in [0.5, 0.6) is 5.75 Å². The zero-order valence-corrected chi connectivity index (χ0v) is 20.6. The number of aliphatic carboxylic acids is 1. The molecule has 0 aliphatic rings. The van der Waals surface area contributed by atoms with Gasteiger partial charge in [-0.15, -0.1) is 0 Å². The van der Waals surface area contributed by atoms with Crippen LogP contribution in [-0.4, -0.2) is 95.5 Å². The highest BCUT2D eigenvalue weighted by atomic mass is 127. The van der Waals surface area contributed by atoms with E-state index in [0.29, 0.717) is 3.57 Å². The fraction of sp³-hybridized carbons (Fsp3) is 0.471. The van der Waals surface area contributed by atoms with Gasteiger partial charge in [0, 0.05) is 23.7 Å². The Morgan fingerprint density at radius 1 is 0.935 bits per heavy atom. The minimum Gasteiger partial charge on any atom is -0.479 e. The van der Waals surface area contributed by atoms with Crippen molar-refractivity contribution in [3.8, 4) is 5.75 Å². The third kappa shape index (κ3) is 7.56. The first-order valence-electron chi connectivity index (χ1n) is 8.80. The lowest BCUT2D eigenvalue weighted by atomic mass is 10.1. The molecule has 174 valence electrons. The van der Waals surface area contributed by atoms with Gasteiger partial charge in [-0.2, -0.15) is 0 Å². The van der Waals surface area contributed by atoms with Gasteiger partial charge in [-0.05, 0) is 45.2 Å². The van der Waals surface area contributed by atoms with Crippen LogP contribution < -0.4 is 20.7 Å². The quantitative estimate of drug-likeness (QED) is 0.122. The summed E-state index contributed by atoms with van der Waals surface area (Å²) in [4.78, 5) is 36.6. The highest BCUT2D eigenvalue weighted by Gasteiger charge is 2.30. The molecule has 1 rings (SSSR count). The van der Waals surface area contributed by atoms with Crippen LogP contribution >= 0.6 is 45.2 Å². The molecule has 0 aliphatic carbocycles. The lowest BCUT2D eigenvalue weighted by molar-refractivity contribution is -0.139. The smallest absolute Gasteiger partial charge is 0.341 e. The molecule has 2 unspecified atom stereocenters. The average Bonchev–Trinajstić information content (AvgIpc) is 2.73. The van der Waals surface area contributed by atoms with Crippen molar-refractivity contribution in [2.75, 3.05) is 45.3 Å². The zero-order chi connectivity index (χ0) is 23.7. The van der Waals surface area contributed by atoms with Gasteiger partial charge < -0.3 is 46.2 Å². The van der Waals surface area contributed by atoms with Gasteiger partial charge in [0.25, 0.3) is 11.8 Å². The number of carboxylic acid groups (broad SMARTS) is 1. The molecule has 0 heterocycles. The molecule has 0 bridgehead atoms. The molecule has 1 aromatic rings. The van der Waals surface area contributed by atoms with Crippen molar-refractivity contribution in [2.45, 2.75) is 12.2 Å². The predicted octanol–water partition coefficient (Wildman–Crippen LogP) is -1.43. The van der Waals surface area contributed by atoms with Crippen LogP contribution in [0.25, 0.3) is 0 Å². The van der Waals surface area contributed by atoms with E-state index in [0.717, 1.165) is 0 Å². The summed E-state index contributed by atoms with van der Waals surface area (Å²) in [5, 5.41) is 53.5. The Kier molecular flexibility index (Phi) is 11.7. The summed E-state index contributed by atoms with van der Waals surface area (Å²) in [5.41, 5.74) is 0.0961. The van der Waals surface area contributed by atoms with Crippen molar-refractivity contribution in [3.63, 3.8) is 0 Å². The van der Waals surface area contributed by atoms with Gasteiger partial charge in [-0.1, -0.05) is 0 Å². The van der Waals surface area contributed by atoms with Crippen LogP contribution in [0.1, 0.15) is 20.7 Å². The molecule has 0 saturated heterocycles. The van der Waals surface area contributed by atoms with Crippen molar-refractivity contribution in [1.29, 1.82) is 0 Å². The van der Waals surface area contributed by atoms with Crippen LogP contribution in [0.15, 0.2) is 0 Å². The van der Waals surface area contributed by atoms with Crippen LogP contribution in [0, 0.1) is 7.14 Å². The molecule has 2 atom stereocenters. The number of carbonyl (C=O) groups is 3. The number of hydrogen-bond acceptors (Lipinski definition) is 9. The Bertz CT molecular complexity index is 823. The maximum atomic E-state index is 12.8. The van der Waals surface area contributed by atoms with Gasteiger partial charge in [0.2, 0.25) is 0 Å². The second kappa shape index (κ2) is 13.2. The predicted molar refractivity (Wildman–Crippen MR) is 125 cm³/mol. The van der Waals surface area contributed by atoms with Crippen LogP contribution in [0.4, 0.5) is 5.69 Å². The van der Waals surface area contributed by atoms with Gasteiger partial charge in [0.1, 0.15) is 0 Å². The molecule has 0 saturated carbocycles. The molecule has 0 aliphatic heterocycles. The Morgan fingerprint density at radius 2 is 1.42 bits per heavy atom. The number of nitrogens with one attached hydrogen (secondary N) is 3. The minimum atomic E-state index is -1.28. The summed E-state index contributed by atoms with van der Waals surface area (Å²) in [6.07, 6.45) is -2.40. The Labute approximate surface area is 204 Å². The van der Waals surface area contributed by atoms with Crippen molar-refractivity contribution in [2.24, 2.45) is 0 Å². The van der Waals surface area contributed by atoms with E-state index in [4.69, 9.17) is 20.1 Å². The number of halogens is 2. The van der Waals surface area contributed by atoms with Crippen LogP contribution in [0.2, 0.25) is 0 Å². The molecule has 31 heavy (non-hydrogen) atoms. The highest BCUT2D eigenvalue weighted by molar-refractivity contribution is 14.1. The lowest BCUT2D eigenvalue weighted by Gasteiger charge is -2.21. The summed E-state index contributed by atoms with van der Waals surface area (Å²) in [6.45, 7) is -2.44. The number of anilines is 1. The molecule has 0 fully saturated rings. The molecule has 0 radical (unpaired) electrons. The summed E-state index contributed by atoms with van der Waals surface area (Å²) < 4.78 is 5.80. The molecule has 8 N–H and O–H groups in total. The summed E-state index contributed by atoms with van der Waals surface area (Å²) >= 11 is 3.58. The van der Waals surface area contributed by atoms with E-state index in [9.17, 15) is 24.6 Å². The van der Waals surface area contributed by atoms with Crippen molar-refractivity contribution in [1.82, 2.24) is 10.6 Å². The standard InChI is InChI=1S/C17H23I2N3O9/c1-20-14-13(19)10(16(29)21-2-7(25)4-23)12(18)11(15(14)31-6-9(27)28)17(30)22-3-8(26)5-24/h7-8,20,23-26H,2-6H2,1H3,(H,21,29)(H,22,30)(H,27,28). The summed E-state index contributed by atoms with van der Waals surface area (Å²) in [6, 6.07) is 0. The van der Waals surface area contributed by atoms with E-state index in [2.05, 4.69) is 16.0 Å². The van der Waals surface area contributed by atoms with Crippen LogP contribution in [0.3, 0.4) is 0 Å². The topological polar surface area (TPSA) is 198 Å². The number of carboxylic acids is 1. The van der Waals surface area contributed by atoms with Crippen molar-refractivity contribution >= 4 is 68.7 Å². The molecule has 0 spiro atoms. The second-order valence-electron chi connectivity index (χ2n) is 6.11. The van der Waals surface area contributed by atoms with Crippen molar-refractivity contribution in [3.05, 3.63) is 18.3 Å². The number of amides is 2. The largest absolute Gasteiger partial charge is 0.479 e. The van der Waals surface area contributed by atoms with Gasteiger partial charge in [-0.3, -0.25) is 9.59 Å². The number of hydrogen-bond donors (Lipinski definition) is 8. The first kappa shape index (κ1) is 27.6. The average molecular weight is 667 g/mol. The zero-order valence-electron chi connectivity index (χ0n) is 16.3. The molecular formula is C17H23I2N3O9.